The van der Waals surface area contributed by atoms with Crippen molar-refractivity contribution in [2.24, 2.45) is 5.92 Å². The van der Waals surface area contributed by atoms with Crippen molar-refractivity contribution in [3.8, 4) is 5.75 Å². The van der Waals surface area contributed by atoms with Crippen molar-refractivity contribution < 1.29 is 4.74 Å². The molecular formula is C22H30N2O. The van der Waals surface area contributed by atoms with Gasteiger partial charge in [0, 0.05) is 37.6 Å². The fourth-order valence-corrected chi connectivity index (χ4v) is 4.89. The van der Waals surface area contributed by atoms with E-state index in [9.17, 15) is 0 Å². The second-order valence-corrected chi connectivity index (χ2v) is 7.53. The van der Waals surface area contributed by atoms with Crippen LogP contribution in [0.5, 0.6) is 5.75 Å². The molecule has 3 heteroatoms. The van der Waals surface area contributed by atoms with Gasteiger partial charge in [0.25, 0.3) is 0 Å². The van der Waals surface area contributed by atoms with Gasteiger partial charge in [-0.1, -0.05) is 49.6 Å². The van der Waals surface area contributed by atoms with Crippen LogP contribution in [0.25, 0.3) is 10.8 Å². The highest BCUT2D eigenvalue weighted by Crippen LogP contribution is 2.42. The number of fused-ring (bicyclic) bond motifs is 1. The van der Waals surface area contributed by atoms with Crippen LogP contribution in [0.2, 0.25) is 0 Å². The molecule has 3 nitrogen and oxygen atoms in total. The van der Waals surface area contributed by atoms with Gasteiger partial charge in [-0.3, -0.25) is 4.90 Å². The van der Waals surface area contributed by atoms with Gasteiger partial charge < -0.3 is 10.1 Å². The highest BCUT2D eigenvalue weighted by molar-refractivity contribution is 5.91. The summed E-state index contributed by atoms with van der Waals surface area (Å²) in [5.74, 6) is 1.77. The van der Waals surface area contributed by atoms with Crippen LogP contribution in [0.4, 0.5) is 0 Å². The van der Waals surface area contributed by atoms with Gasteiger partial charge in [0.05, 0.1) is 7.11 Å². The van der Waals surface area contributed by atoms with Crippen molar-refractivity contribution >= 4 is 10.8 Å². The molecule has 4 rings (SSSR count). The molecule has 0 bridgehead atoms. The van der Waals surface area contributed by atoms with Gasteiger partial charge >= 0.3 is 0 Å². The molecule has 0 radical (unpaired) electrons. The number of hydrogen-bond acceptors (Lipinski definition) is 3. The summed E-state index contributed by atoms with van der Waals surface area (Å²) >= 11 is 0. The Bertz CT molecular complexity index is 684. The molecule has 2 aromatic rings. The van der Waals surface area contributed by atoms with E-state index < -0.39 is 0 Å². The minimum absolute atomic E-state index is 0.540. The minimum atomic E-state index is 0.540. The molecular weight excluding hydrogens is 308 g/mol. The Hall–Kier alpha value is -1.58. The SMILES string of the molecule is COc1ccc([C@@H](C2CCCCC2)N2CCNCC2)c2ccccc12. The van der Waals surface area contributed by atoms with E-state index in [0.717, 1.165) is 37.8 Å². The molecule has 1 saturated carbocycles. The second-order valence-electron chi connectivity index (χ2n) is 7.53. The van der Waals surface area contributed by atoms with Crippen LogP contribution in [0.1, 0.15) is 43.7 Å². The molecule has 1 N–H and O–H groups in total. The Balaban J connectivity index is 1.79. The number of rotatable bonds is 4. The zero-order valence-electron chi connectivity index (χ0n) is 15.3. The van der Waals surface area contributed by atoms with Gasteiger partial charge in [0.15, 0.2) is 0 Å². The third kappa shape index (κ3) is 3.40. The van der Waals surface area contributed by atoms with E-state index in [1.165, 1.54) is 48.4 Å². The van der Waals surface area contributed by atoms with E-state index in [4.69, 9.17) is 4.74 Å². The number of ether oxygens (including phenoxy) is 1. The predicted octanol–water partition coefficient (Wildman–Crippen LogP) is 4.38. The van der Waals surface area contributed by atoms with Gasteiger partial charge in [-0.2, -0.15) is 0 Å². The summed E-state index contributed by atoms with van der Waals surface area (Å²) in [6.07, 6.45) is 6.93. The molecule has 2 aliphatic rings. The number of nitrogens with zero attached hydrogens (tertiary/aromatic N) is 1. The summed E-state index contributed by atoms with van der Waals surface area (Å²) in [6.45, 7) is 4.53. The molecule has 1 saturated heterocycles. The number of benzene rings is 2. The Morgan fingerprint density at radius 1 is 0.960 bits per heavy atom. The van der Waals surface area contributed by atoms with Crippen molar-refractivity contribution in [3.05, 3.63) is 42.0 Å². The summed E-state index contributed by atoms with van der Waals surface area (Å²) in [5, 5.41) is 6.14. The molecule has 134 valence electrons. The number of methoxy groups -OCH3 is 1. The Kier molecular flexibility index (Phi) is 5.23. The topological polar surface area (TPSA) is 24.5 Å². The first-order valence-corrected chi connectivity index (χ1v) is 9.89. The fourth-order valence-electron chi connectivity index (χ4n) is 4.89. The summed E-state index contributed by atoms with van der Waals surface area (Å²) in [7, 11) is 1.77. The molecule has 1 aliphatic heterocycles. The maximum Gasteiger partial charge on any atom is 0.126 e. The monoisotopic (exact) mass is 338 g/mol. The number of nitrogens with one attached hydrogen (secondary N) is 1. The molecule has 1 atom stereocenters. The molecule has 0 unspecified atom stereocenters. The van der Waals surface area contributed by atoms with Crippen LogP contribution < -0.4 is 10.1 Å². The van der Waals surface area contributed by atoms with Crippen LogP contribution in [-0.2, 0) is 0 Å². The van der Waals surface area contributed by atoms with Crippen LogP contribution >= 0.6 is 0 Å². The lowest BCUT2D eigenvalue weighted by Gasteiger charge is -2.41. The normalized spacial score (nSPS) is 21.3. The molecule has 25 heavy (non-hydrogen) atoms. The summed E-state index contributed by atoms with van der Waals surface area (Å²) in [6, 6.07) is 13.8. The van der Waals surface area contributed by atoms with Gasteiger partial charge in [0.2, 0.25) is 0 Å². The molecule has 1 aliphatic carbocycles. The van der Waals surface area contributed by atoms with E-state index >= 15 is 0 Å². The summed E-state index contributed by atoms with van der Waals surface area (Å²) < 4.78 is 5.63. The Labute approximate surface area is 151 Å². The van der Waals surface area contributed by atoms with Gasteiger partial charge in [-0.05, 0) is 35.8 Å². The van der Waals surface area contributed by atoms with Crippen molar-refractivity contribution in [1.29, 1.82) is 0 Å². The molecule has 2 fully saturated rings. The average Bonchev–Trinajstić information content (AvgIpc) is 2.70. The minimum Gasteiger partial charge on any atom is -0.496 e. The van der Waals surface area contributed by atoms with Crippen LogP contribution in [0.15, 0.2) is 36.4 Å². The average molecular weight is 338 g/mol. The first-order chi connectivity index (χ1) is 12.4. The smallest absolute Gasteiger partial charge is 0.126 e. The first-order valence-electron chi connectivity index (χ1n) is 9.89. The summed E-state index contributed by atoms with van der Waals surface area (Å²) in [4.78, 5) is 2.74. The quantitative estimate of drug-likeness (QED) is 0.895. The van der Waals surface area contributed by atoms with Crippen LogP contribution in [0, 0.1) is 5.92 Å². The van der Waals surface area contributed by atoms with Gasteiger partial charge in [0.1, 0.15) is 5.75 Å². The largest absolute Gasteiger partial charge is 0.496 e. The zero-order valence-corrected chi connectivity index (χ0v) is 15.3. The van der Waals surface area contributed by atoms with E-state index in [0.29, 0.717) is 6.04 Å². The lowest BCUT2D eigenvalue weighted by atomic mass is 9.79. The van der Waals surface area contributed by atoms with Crippen molar-refractivity contribution in [2.45, 2.75) is 38.1 Å². The summed E-state index contributed by atoms with van der Waals surface area (Å²) in [5.41, 5.74) is 1.50. The maximum absolute atomic E-state index is 5.63. The van der Waals surface area contributed by atoms with E-state index in [2.05, 4.69) is 46.6 Å². The Morgan fingerprint density at radius 2 is 1.68 bits per heavy atom. The molecule has 1 heterocycles. The lowest BCUT2D eigenvalue weighted by Crippen LogP contribution is -2.47. The van der Waals surface area contributed by atoms with E-state index in [-0.39, 0.29) is 0 Å². The van der Waals surface area contributed by atoms with Crippen LogP contribution in [0.3, 0.4) is 0 Å². The second kappa shape index (κ2) is 7.76. The van der Waals surface area contributed by atoms with Crippen molar-refractivity contribution in [2.75, 3.05) is 33.3 Å². The van der Waals surface area contributed by atoms with Crippen molar-refractivity contribution in [3.63, 3.8) is 0 Å². The fraction of sp³-hybridized carbons (Fsp3) is 0.545. The van der Waals surface area contributed by atoms with E-state index in [1.807, 2.05) is 0 Å². The molecule has 0 amide bonds. The van der Waals surface area contributed by atoms with E-state index in [1.54, 1.807) is 7.11 Å². The maximum atomic E-state index is 5.63. The highest BCUT2D eigenvalue weighted by atomic mass is 16.5. The standard InChI is InChI=1S/C22H30N2O/c1-25-21-12-11-20(18-9-5-6-10-19(18)21)22(17-7-3-2-4-8-17)24-15-13-23-14-16-24/h5-6,9-12,17,22-23H,2-4,7-8,13-16H2,1H3/t22-/m1/s1. The van der Waals surface area contributed by atoms with Crippen molar-refractivity contribution in [1.82, 2.24) is 10.2 Å². The van der Waals surface area contributed by atoms with Crippen LogP contribution in [-0.4, -0.2) is 38.2 Å². The molecule has 2 aromatic carbocycles. The third-order valence-electron chi connectivity index (χ3n) is 6.10. The lowest BCUT2D eigenvalue weighted by molar-refractivity contribution is 0.104. The number of hydrogen-bond donors (Lipinski definition) is 1. The number of piperazine rings is 1. The molecule has 0 spiro atoms. The Morgan fingerprint density at radius 3 is 2.40 bits per heavy atom. The third-order valence-corrected chi connectivity index (χ3v) is 6.10. The van der Waals surface area contributed by atoms with Gasteiger partial charge in [-0.25, -0.2) is 0 Å². The highest BCUT2D eigenvalue weighted by Gasteiger charge is 2.32. The first kappa shape index (κ1) is 16.9. The van der Waals surface area contributed by atoms with Gasteiger partial charge in [-0.15, -0.1) is 0 Å². The molecule has 0 aromatic heterocycles. The zero-order chi connectivity index (χ0) is 17.1. The predicted molar refractivity (Wildman–Crippen MR) is 104 cm³/mol.